The van der Waals surface area contributed by atoms with Crippen LogP contribution in [0.1, 0.15) is 19.3 Å². The zero-order valence-corrected chi connectivity index (χ0v) is 12.4. The lowest BCUT2D eigenvalue weighted by Gasteiger charge is -2.32. The summed E-state index contributed by atoms with van der Waals surface area (Å²) < 4.78 is 26.9. The lowest BCUT2D eigenvalue weighted by Crippen LogP contribution is -2.44. The van der Waals surface area contributed by atoms with Gasteiger partial charge in [-0.3, -0.25) is 0 Å². The molecule has 1 aliphatic heterocycles. The zero-order valence-electron chi connectivity index (χ0n) is 10.8. The molecular weight excluding hydrogens is 286 g/mol. The number of halogens is 1. The molecule has 0 aromatic carbocycles. The predicted octanol–water partition coefficient (Wildman–Crippen LogP) is 1.50. The van der Waals surface area contributed by atoms with Crippen molar-refractivity contribution in [2.24, 2.45) is 0 Å². The van der Waals surface area contributed by atoms with E-state index in [-0.39, 0.29) is 16.1 Å². The molecule has 0 spiro atoms. The fourth-order valence-corrected chi connectivity index (χ4v) is 3.78. The average Bonchev–Trinajstić information content (AvgIpc) is 2.38. The quantitative estimate of drug-likeness (QED) is 0.856. The highest BCUT2D eigenvalue weighted by Gasteiger charge is 2.23. The molecule has 1 atom stereocenters. The van der Waals surface area contributed by atoms with E-state index in [1.54, 1.807) is 6.07 Å². The second kappa shape index (κ2) is 6.17. The normalized spacial score (nSPS) is 21.5. The summed E-state index contributed by atoms with van der Waals surface area (Å²) in [6.07, 6.45) is 4.80. The monoisotopic (exact) mass is 303 g/mol. The Hall–Kier alpha value is -0.690. The number of likely N-dealkylation sites (N-methyl/N-ethyl adjacent to an activating group) is 1. The number of hydrogen-bond donors (Lipinski definition) is 1. The first-order chi connectivity index (χ1) is 9.00. The van der Waals surface area contributed by atoms with Crippen molar-refractivity contribution in [1.29, 1.82) is 0 Å². The van der Waals surface area contributed by atoms with E-state index in [2.05, 4.69) is 14.6 Å². The van der Waals surface area contributed by atoms with Crippen molar-refractivity contribution in [1.82, 2.24) is 14.6 Å². The lowest BCUT2D eigenvalue weighted by molar-refractivity contribution is 0.187. The molecule has 1 aromatic heterocycles. The van der Waals surface area contributed by atoms with E-state index in [0.717, 1.165) is 19.4 Å². The molecule has 7 heteroatoms. The molecule has 1 aromatic rings. The molecular formula is C12H18ClN3O2S. The van der Waals surface area contributed by atoms with Gasteiger partial charge in [0, 0.05) is 18.8 Å². The van der Waals surface area contributed by atoms with Gasteiger partial charge in [0.1, 0.15) is 10.0 Å². The van der Waals surface area contributed by atoms with E-state index in [9.17, 15) is 8.42 Å². The molecule has 1 saturated heterocycles. The maximum absolute atomic E-state index is 12.1. The van der Waals surface area contributed by atoms with Gasteiger partial charge < -0.3 is 4.90 Å². The highest BCUT2D eigenvalue weighted by Crippen LogP contribution is 2.19. The Balaban J connectivity index is 2.04. The van der Waals surface area contributed by atoms with Gasteiger partial charge in [-0.1, -0.05) is 18.0 Å². The Labute approximate surface area is 119 Å². The van der Waals surface area contributed by atoms with Crippen LogP contribution in [-0.2, 0) is 10.0 Å². The summed E-state index contributed by atoms with van der Waals surface area (Å²) >= 11 is 5.82. The molecule has 2 rings (SSSR count). The maximum atomic E-state index is 12.1. The minimum Gasteiger partial charge on any atom is -0.302 e. The van der Waals surface area contributed by atoms with Crippen LogP contribution >= 0.6 is 11.6 Å². The first kappa shape index (κ1) is 14.7. The van der Waals surface area contributed by atoms with E-state index < -0.39 is 10.0 Å². The van der Waals surface area contributed by atoms with Gasteiger partial charge in [-0.25, -0.2) is 18.1 Å². The van der Waals surface area contributed by atoms with E-state index >= 15 is 0 Å². The van der Waals surface area contributed by atoms with Crippen LogP contribution in [0.3, 0.4) is 0 Å². The Kier molecular flexibility index (Phi) is 4.78. The van der Waals surface area contributed by atoms with Crippen molar-refractivity contribution in [3.63, 3.8) is 0 Å². The fourth-order valence-electron chi connectivity index (χ4n) is 2.26. The van der Waals surface area contributed by atoms with Crippen molar-refractivity contribution in [2.45, 2.75) is 30.2 Å². The number of pyridine rings is 1. The van der Waals surface area contributed by atoms with Crippen LogP contribution in [0.5, 0.6) is 0 Å². The van der Waals surface area contributed by atoms with Gasteiger partial charge in [-0.2, -0.15) is 0 Å². The van der Waals surface area contributed by atoms with Crippen LogP contribution in [0.4, 0.5) is 0 Å². The first-order valence-corrected chi connectivity index (χ1v) is 8.17. The second-order valence-electron chi connectivity index (χ2n) is 4.77. The summed E-state index contributed by atoms with van der Waals surface area (Å²) in [5, 5.41) is 0.00648. The van der Waals surface area contributed by atoms with E-state index in [1.165, 1.54) is 18.7 Å². The number of likely N-dealkylation sites (tertiary alicyclic amines) is 1. The standard InChI is InChI=1S/C12H18ClN3O2S/c1-16-8-3-2-5-10(16)9-15-19(17,18)11-6-4-7-14-12(11)13/h4,6-7,10,15H,2-3,5,8-9H2,1H3. The molecule has 5 nitrogen and oxygen atoms in total. The molecule has 19 heavy (non-hydrogen) atoms. The summed E-state index contributed by atoms with van der Waals surface area (Å²) in [7, 11) is -1.56. The third-order valence-electron chi connectivity index (χ3n) is 3.44. The van der Waals surface area contributed by atoms with Crippen LogP contribution < -0.4 is 4.72 Å². The van der Waals surface area contributed by atoms with Gasteiger partial charge in [-0.15, -0.1) is 0 Å². The third-order valence-corrected chi connectivity index (χ3v) is 5.31. The van der Waals surface area contributed by atoms with Crippen molar-refractivity contribution in [3.8, 4) is 0 Å². The molecule has 0 amide bonds. The van der Waals surface area contributed by atoms with E-state index in [1.807, 2.05) is 7.05 Å². The minimum absolute atomic E-state index is 0.00648. The topological polar surface area (TPSA) is 62.3 Å². The largest absolute Gasteiger partial charge is 0.302 e. The van der Waals surface area contributed by atoms with Gasteiger partial charge in [0.05, 0.1) is 0 Å². The molecule has 106 valence electrons. The molecule has 0 bridgehead atoms. The zero-order chi connectivity index (χ0) is 13.9. The lowest BCUT2D eigenvalue weighted by atomic mass is 10.0. The molecule has 1 N–H and O–H groups in total. The number of nitrogens with one attached hydrogen (secondary N) is 1. The number of aromatic nitrogens is 1. The number of sulfonamides is 1. The average molecular weight is 304 g/mol. The number of piperidine rings is 1. The Bertz CT molecular complexity index is 536. The van der Waals surface area contributed by atoms with Crippen LogP contribution in [0.15, 0.2) is 23.2 Å². The highest BCUT2D eigenvalue weighted by atomic mass is 35.5. The Morgan fingerprint density at radius 3 is 3.00 bits per heavy atom. The van der Waals surface area contributed by atoms with Crippen molar-refractivity contribution in [3.05, 3.63) is 23.5 Å². The van der Waals surface area contributed by atoms with Gasteiger partial charge in [0.2, 0.25) is 10.0 Å². The van der Waals surface area contributed by atoms with Gasteiger partial charge in [0.25, 0.3) is 0 Å². The molecule has 2 heterocycles. The Morgan fingerprint density at radius 2 is 2.32 bits per heavy atom. The predicted molar refractivity (Wildman–Crippen MR) is 74.7 cm³/mol. The third kappa shape index (κ3) is 3.66. The Morgan fingerprint density at radius 1 is 1.53 bits per heavy atom. The fraction of sp³-hybridized carbons (Fsp3) is 0.583. The van der Waals surface area contributed by atoms with Crippen molar-refractivity contribution in [2.75, 3.05) is 20.1 Å². The van der Waals surface area contributed by atoms with Crippen LogP contribution in [0.25, 0.3) is 0 Å². The van der Waals surface area contributed by atoms with Gasteiger partial charge in [0.15, 0.2) is 0 Å². The molecule has 0 saturated carbocycles. The van der Waals surface area contributed by atoms with Crippen LogP contribution in [0.2, 0.25) is 5.15 Å². The highest BCUT2D eigenvalue weighted by molar-refractivity contribution is 7.89. The summed E-state index contributed by atoms with van der Waals surface area (Å²) in [5.41, 5.74) is 0. The van der Waals surface area contributed by atoms with E-state index in [0.29, 0.717) is 6.54 Å². The number of hydrogen-bond acceptors (Lipinski definition) is 4. The smallest absolute Gasteiger partial charge is 0.243 e. The number of rotatable bonds is 4. The molecule has 1 aliphatic rings. The van der Waals surface area contributed by atoms with Crippen molar-refractivity contribution < 1.29 is 8.42 Å². The van der Waals surface area contributed by atoms with E-state index in [4.69, 9.17) is 11.6 Å². The summed E-state index contributed by atoms with van der Waals surface area (Å²) in [6, 6.07) is 3.27. The number of nitrogens with zero attached hydrogens (tertiary/aromatic N) is 2. The molecule has 1 unspecified atom stereocenters. The van der Waals surface area contributed by atoms with Crippen molar-refractivity contribution >= 4 is 21.6 Å². The van der Waals surface area contributed by atoms with Gasteiger partial charge >= 0.3 is 0 Å². The summed E-state index contributed by atoms with van der Waals surface area (Å²) in [5.74, 6) is 0. The van der Waals surface area contributed by atoms with Crippen LogP contribution in [-0.4, -0.2) is 44.5 Å². The molecule has 0 radical (unpaired) electrons. The second-order valence-corrected chi connectivity index (χ2v) is 6.87. The minimum atomic E-state index is -3.58. The first-order valence-electron chi connectivity index (χ1n) is 6.31. The van der Waals surface area contributed by atoms with Crippen LogP contribution in [0, 0.1) is 0 Å². The molecule has 1 fully saturated rings. The molecule has 0 aliphatic carbocycles. The SMILES string of the molecule is CN1CCCCC1CNS(=O)(=O)c1cccnc1Cl. The maximum Gasteiger partial charge on any atom is 0.243 e. The van der Waals surface area contributed by atoms with Gasteiger partial charge in [-0.05, 0) is 38.6 Å². The summed E-state index contributed by atoms with van der Waals surface area (Å²) in [4.78, 5) is 6.02. The summed E-state index contributed by atoms with van der Waals surface area (Å²) in [6.45, 7) is 1.42.